The number of para-hydroxylation sites is 1. The number of allylic oxidation sites excluding steroid dienone is 10. The van der Waals surface area contributed by atoms with E-state index in [-0.39, 0.29) is 28.3 Å². The highest BCUT2D eigenvalue weighted by Crippen LogP contribution is 2.20. The number of phenolic OH excluding ortho intramolecular Hbond substituents is 1. The number of phenols is 1. The van der Waals surface area contributed by atoms with Crippen LogP contribution >= 0.6 is 11.8 Å². The molecule has 0 aliphatic heterocycles. The van der Waals surface area contributed by atoms with E-state index in [0.29, 0.717) is 19.4 Å². The van der Waals surface area contributed by atoms with Gasteiger partial charge < -0.3 is 10.4 Å². The first-order valence-corrected chi connectivity index (χ1v) is 15.6. The van der Waals surface area contributed by atoms with Crippen LogP contribution < -0.4 is 5.32 Å². The fourth-order valence-electron chi connectivity index (χ4n) is 3.78. The molecule has 0 spiro atoms. The molecule has 0 aliphatic rings. The van der Waals surface area contributed by atoms with Crippen LogP contribution in [0.3, 0.4) is 0 Å². The lowest BCUT2D eigenvalue weighted by atomic mass is 10.1. The molecule has 0 bridgehead atoms. The maximum absolute atomic E-state index is 12.6. The monoisotopic (exact) mass is 551 g/mol. The summed E-state index contributed by atoms with van der Waals surface area (Å²) >= 11 is 1.76. The molecular weight excluding hydrogens is 502 g/mol. The lowest BCUT2D eigenvalue weighted by Crippen LogP contribution is -2.26. The maximum atomic E-state index is 12.6. The highest BCUT2D eigenvalue weighted by atomic mass is 32.2. The normalized spacial score (nSPS) is 13.0. The maximum Gasteiger partial charge on any atom is 0.255 e. The van der Waals surface area contributed by atoms with Crippen LogP contribution in [0.15, 0.2) is 85.0 Å². The van der Waals surface area contributed by atoms with E-state index in [1.54, 1.807) is 30.0 Å². The molecular formula is C34H49NO3S. The second kappa shape index (κ2) is 24.3. The van der Waals surface area contributed by atoms with E-state index >= 15 is 0 Å². The fourth-order valence-corrected chi connectivity index (χ4v) is 4.98. The lowest BCUT2D eigenvalue weighted by molar-refractivity contribution is -0.118. The highest BCUT2D eigenvalue weighted by molar-refractivity contribution is 8.00. The summed E-state index contributed by atoms with van der Waals surface area (Å²) in [7, 11) is 0. The lowest BCUT2D eigenvalue weighted by Gasteiger charge is -2.13. The van der Waals surface area contributed by atoms with E-state index in [9.17, 15) is 14.7 Å². The number of Topliss-reactive ketones (excluding diaryl/α,β-unsaturated/α-hetero) is 1. The zero-order valence-corrected chi connectivity index (χ0v) is 24.8. The third-order valence-corrected chi connectivity index (χ3v) is 7.53. The fraction of sp³-hybridized carbons (Fsp3) is 0.471. The number of ketones is 1. The number of hydrogen-bond acceptors (Lipinski definition) is 4. The zero-order valence-electron chi connectivity index (χ0n) is 24.0. The number of aromatic hydroxyl groups is 1. The molecule has 39 heavy (non-hydrogen) atoms. The van der Waals surface area contributed by atoms with Crippen molar-refractivity contribution in [1.29, 1.82) is 0 Å². The van der Waals surface area contributed by atoms with Crippen molar-refractivity contribution in [2.45, 2.75) is 89.7 Å². The second-order valence-corrected chi connectivity index (χ2v) is 10.6. The first-order chi connectivity index (χ1) is 19.1. The van der Waals surface area contributed by atoms with Gasteiger partial charge in [-0.2, -0.15) is 11.8 Å². The van der Waals surface area contributed by atoms with Crippen molar-refractivity contribution in [2.24, 2.45) is 0 Å². The van der Waals surface area contributed by atoms with Crippen molar-refractivity contribution in [3.05, 3.63) is 90.6 Å². The van der Waals surface area contributed by atoms with Crippen LogP contribution in [-0.2, 0) is 4.79 Å². The first-order valence-electron chi connectivity index (χ1n) is 14.6. The van der Waals surface area contributed by atoms with Crippen molar-refractivity contribution in [3.8, 4) is 5.75 Å². The standard InChI is InChI=1S/C34H49NO3S/c1-3-5-6-7-8-9-10-11-12-13-14-15-16-17-18-19-20-23-29-39-33(4-2)32(37)27-24-28-35-34(38)30-25-21-22-26-31(30)36/h5-6,8-9,11-12,14-15,17-18,21-22,25-26,33,36H,3-4,7,10,13,16,19-20,23-24,27-29H2,1-2H3,(H,35,38)/b6-5-,9-8-,12-11-,15-14-,18-17-. The molecule has 1 aromatic rings. The number of hydrogen-bond donors (Lipinski definition) is 2. The van der Waals surface area contributed by atoms with E-state index < -0.39 is 0 Å². The van der Waals surface area contributed by atoms with Gasteiger partial charge in [-0.05, 0) is 82.1 Å². The number of nitrogens with one attached hydrogen (secondary N) is 1. The Labute approximate surface area is 241 Å². The molecule has 1 aromatic carbocycles. The third kappa shape index (κ3) is 18.2. The zero-order chi connectivity index (χ0) is 28.4. The summed E-state index contributed by atoms with van der Waals surface area (Å²) in [6, 6.07) is 6.47. The predicted octanol–water partition coefficient (Wildman–Crippen LogP) is 8.90. The number of carbonyl (C=O) groups is 2. The first kappa shape index (κ1) is 34.2. The summed E-state index contributed by atoms with van der Waals surface area (Å²) in [6.45, 7) is 4.64. The van der Waals surface area contributed by atoms with Crippen molar-refractivity contribution in [3.63, 3.8) is 0 Å². The Morgan fingerprint density at radius 2 is 1.41 bits per heavy atom. The second-order valence-electron chi connectivity index (χ2n) is 9.31. The Morgan fingerprint density at radius 3 is 2.00 bits per heavy atom. The average molecular weight is 552 g/mol. The van der Waals surface area contributed by atoms with Crippen molar-refractivity contribution < 1.29 is 14.7 Å². The van der Waals surface area contributed by atoms with Crippen LogP contribution in [0.4, 0.5) is 0 Å². The van der Waals surface area contributed by atoms with Gasteiger partial charge in [-0.1, -0.05) is 86.7 Å². The van der Waals surface area contributed by atoms with Gasteiger partial charge in [0.05, 0.1) is 10.8 Å². The molecule has 5 heteroatoms. The van der Waals surface area contributed by atoms with Gasteiger partial charge in [-0.15, -0.1) is 0 Å². The van der Waals surface area contributed by atoms with Crippen LogP contribution in [0.25, 0.3) is 0 Å². The number of rotatable bonds is 22. The Bertz CT molecular complexity index is 946. The van der Waals surface area contributed by atoms with E-state index in [1.165, 1.54) is 6.07 Å². The summed E-state index contributed by atoms with van der Waals surface area (Å²) in [5.41, 5.74) is 0.260. The Hall–Kier alpha value is -2.79. The molecule has 0 radical (unpaired) electrons. The Kier molecular flexibility index (Phi) is 21.3. The number of thioether (sulfide) groups is 1. The molecule has 2 N–H and O–H groups in total. The predicted molar refractivity (Wildman–Crippen MR) is 170 cm³/mol. The molecule has 1 amide bonds. The number of amides is 1. The van der Waals surface area contributed by atoms with Gasteiger partial charge >= 0.3 is 0 Å². The molecule has 1 atom stereocenters. The van der Waals surface area contributed by atoms with Crippen molar-refractivity contribution in [2.75, 3.05) is 12.3 Å². The number of benzene rings is 1. The summed E-state index contributed by atoms with van der Waals surface area (Å²) in [6.07, 6.45) is 32.5. The molecule has 0 heterocycles. The average Bonchev–Trinajstić information content (AvgIpc) is 2.94. The Balaban J connectivity index is 2.05. The van der Waals surface area contributed by atoms with Crippen molar-refractivity contribution >= 4 is 23.5 Å². The molecule has 1 rings (SSSR count). The largest absolute Gasteiger partial charge is 0.507 e. The van der Waals surface area contributed by atoms with Crippen LogP contribution in [0.2, 0.25) is 0 Å². The Morgan fingerprint density at radius 1 is 0.821 bits per heavy atom. The topological polar surface area (TPSA) is 66.4 Å². The van der Waals surface area contributed by atoms with Crippen molar-refractivity contribution in [1.82, 2.24) is 5.32 Å². The molecule has 0 aliphatic carbocycles. The molecule has 0 fully saturated rings. The van der Waals surface area contributed by atoms with Gasteiger partial charge in [0.15, 0.2) is 0 Å². The summed E-state index contributed by atoms with van der Waals surface area (Å²) < 4.78 is 0. The van der Waals surface area contributed by atoms with Gasteiger partial charge in [-0.25, -0.2) is 0 Å². The van der Waals surface area contributed by atoms with Crippen LogP contribution in [0.1, 0.15) is 94.8 Å². The van der Waals surface area contributed by atoms with Crippen LogP contribution in [0, 0.1) is 0 Å². The smallest absolute Gasteiger partial charge is 0.255 e. The minimum Gasteiger partial charge on any atom is -0.507 e. The third-order valence-electron chi connectivity index (χ3n) is 6.01. The molecule has 214 valence electrons. The van der Waals surface area contributed by atoms with E-state index in [0.717, 1.165) is 63.5 Å². The molecule has 0 saturated carbocycles. The summed E-state index contributed by atoms with van der Waals surface area (Å²) in [4.78, 5) is 24.7. The number of carbonyl (C=O) groups excluding carboxylic acids is 2. The van der Waals surface area contributed by atoms with Gasteiger partial charge in [0.1, 0.15) is 11.5 Å². The summed E-state index contributed by atoms with van der Waals surface area (Å²) in [5, 5.41) is 12.6. The molecule has 0 aromatic heterocycles. The SMILES string of the molecule is CC/C=C\C/C=C\C/C=C\C/C=C\C/C=C\CCCCSC(CC)C(=O)CCCNC(=O)c1ccccc1O. The van der Waals surface area contributed by atoms with E-state index in [2.05, 4.69) is 79.9 Å². The molecule has 0 saturated heterocycles. The minimum absolute atomic E-state index is 0.0325. The minimum atomic E-state index is -0.311. The van der Waals surface area contributed by atoms with Gasteiger partial charge in [0.25, 0.3) is 5.91 Å². The van der Waals surface area contributed by atoms with Crippen LogP contribution in [-0.4, -0.2) is 34.3 Å². The highest BCUT2D eigenvalue weighted by Gasteiger charge is 2.16. The van der Waals surface area contributed by atoms with Gasteiger partial charge in [-0.3, -0.25) is 9.59 Å². The van der Waals surface area contributed by atoms with E-state index in [1.807, 2.05) is 0 Å². The van der Waals surface area contributed by atoms with Crippen LogP contribution in [0.5, 0.6) is 5.75 Å². The number of unbranched alkanes of at least 4 members (excludes halogenated alkanes) is 2. The van der Waals surface area contributed by atoms with Gasteiger partial charge in [0.2, 0.25) is 0 Å². The summed E-state index contributed by atoms with van der Waals surface area (Å²) in [5.74, 6) is 0.917. The molecule has 4 nitrogen and oxygen atoms in total. The van der Waals surface area contributed by atoms with E-state index in [4.69, 9.17) is 0 Å². The van der Waals surface area contributed by atoms with Gasteiger partial charge in [0, 0.05) is 13.0 Å². The molecule has 1 unspecified atom stereocenters. The quantitative estimate of drug-likeness (QED) is 0.112.